The summed E-state index contributed by atoms with van der Waals surface area (Å²) in [5.41, 5.74) is 0. The number of ether oxygens (including phenoxy) is 1. The van der Waals surface area contributed by atoms with Crippen LogP contribution in [0.3, 0.4) is 0 Å². The second-order valence-electron chi connectivity index (χ2n) is 3.65. The lowest BCUT2D eigenvalue weighted by Crippen LogP contribution is -2.01. The molecule has 0 bridgehead atoms. The summed E-state index contributed by atoms with van der Waals surface area (Å²) in [4.78, 5) is 0.224. The highest BCUT2D eigenvalue weighted by Crippen LogP contribution is 2.30. The molecule has 4 nitrogen and oxygen atoms in total. The highest BCUT2D eigenvalue weighted by molar-refractivity contribution is 7.91. The van der Waals surface area contributed by atoms with Crippen molar-refractivity contribution in [3.05, 3.63) is 48.5 Å². The fourth-order valence-electron chi connectivity index (χ4n) is 1.57. The molecule has 0 heterocycles. The zero-order valence-electron chi connectivity index (χ0n) is 9.70. The van der Waals surface area contributed by atoms with E-state index < -0.39 is 9.84 Å². The summed E-state index contributed by atoms with van der Waals surface area (Å²) in [6.07, 6.45) is 0. The Labute approximate surface area is 105 Å². The molecule has 0 aliphatic carbocycles. The molecule has 0 aromatic heterocycles. The zero-order chi connectivity index (χ0) is 13.2. The number of phenols is 1. The van der Waals surface area contributed by atoms with E-state index in [1.54, 1.807) is 18.2 Å². The van der Waals surface area contributed by atoms with E-state index in [-0.39, 0.29) is 21.3 Å². The second kappa shape index (κ2) is 4.70. The van der Waals surface area contributed by atoms with Crippen molar-refractivity contribution in [2.75, 3.05) is 7.11 Å². The average molecular weight is 264 g/mol. The monoisotopic (exact) mass is 264 g/mol. The molecule has 0 spiro atoms. The summed E-state index contributed by atoms with van der Waals surface area (Å²) < 4.78 is 29.3. The smallest absolute Gasteiger partial charge is 0.206 e. The van der Waals surface area contributed by atoms with Crippen LogP contribution < -0.4 is 4.74 Å². The van der Waals surface area contributed by atoms with Crippen LogP contribution in [0.2, 0.25) is 0 Å². The minimum absolute atomic E-state index is 0.0343. The number of methoxy groups -OCH3 is 1. The third-order valence-corrected chi connectivity index (χ3v) is 4.28. The third-order valence-electron chi connectivity index (χ3n) is 2.51. The van der Waals surface area contributed by atoms with E-state index in [0.29, 0.717) is 0 Å². The molecule has 94 valence electrons. The van der Waals surface area contributed by atoms with Gasteiger partial charge in [0.05, 0.1) is 16.9 Å². The van der Waals surface area contributed by atoms with Crippen molar-refractivity contribution in [1.29, 1.82) is 0 Å². The SMILES string of the molecule is COc1ccc(S(=O)(=O)c2ccccc2)cc1O. The Morgan fingerprint density at radius 2 is 1.67 bits per heavy atom. The predicted octanol–water partition coefficient (Wildman–Crippen LogP) is 2.23. The Bertz CT molecular complexity index is 648. The predicted molar refractivity (Wildman–Crippen MR) is 66.6 cm³/mol. The van der Waals surface area contributed by atoms with Gasteiger partial charge in [0.15, 0.2) is 11.5 Å². The largest absolute Gasteiger partial charge is 0.504 e. The van der Waals surface area contributed by atoms with Gasteiger partial charge in [-0.2, -0.15) is 0 Å². The van der Waals surface area contributed by atoms with Gasteiger partial charge in [0, 0.05) is 6.07 Å². The molecule has 5 heteroatoms. The van der Waals surface area contributed by atoms with Crippen molar-refractivity contribution in [2.24, 2.45) is 0 Å². The molecule has 0 amide bonds. The van der Waals surface area contributed by atoms with Gasteiger partial charge in [0.1, 0.15) is 0 Å². The van der Waals surface area contributed by atoms with Gasteiger partial charge < -0.3 is 9.84 Å². The standard InChI is InChI=1S/C13H12O4S/c1-17-13-8-7-11(9-12(13)14)18(15,16)10-5-3-2-4-6-10/h2-9,14H,1H3. The fraction of sp³-hybridized carbons (Fsp3) is 0.0769. The van der Waals surface area contributed by atoms with Crippen LogP contribution in [0.1, 0.15) is 0 Å². The van der Waals surface area contributed by atoms with Gasteiger partial charge >= 0.3 is 0 Å². The van der Waals surface area contributed by atoms with Gasteiger partial charge in [0.2, 0.25) is 9.84 Å². The van der Waals surface area contributed by atoms with E-state index in [2.05, 4.69) is 0 Å². The van der Waals surface area contributed by atoms with Crippen molar-refractivity contribution < 1.29 is 18.3 Å². The van der Waals surface area contributed by atoms with E-state index in [1.165, 1.54) is 37.4 Å². The highest BCUT2D eigenvalue weighted by atomic mass is 32.2. The molecule has 0 aliphatic rings. The maximum atomic E-state index is 12.2. The van der Waals surface area contributed by atoms with E-state index in [1.807, 2.05) is 0 Å². The van der Waals surface area contributed by atoms with E-state index in [4.69, 9.17) is 4.74 Å². The molecule has 0 saturated carbocycles. The number of hydrogen-bond donors (Lipinski definition) is 1. The third kappa shape index (κ3) is 2.17. The number of sulfone groups is 1. The lowest BCUT2D eigenvalue weighted by Gasteiger charge is -2.07. The van der Waals surface area contributed by atoms with E-state index in [9.17, 15) is 13.5 Å². The maximum Gasteiger partial charge on any atom is 0.206 e. The lowest BCUT2D eigenvalue weighted by atomic mass is 10.3. The van der Waals surface area contributed by atoms with Gasteiger partial charge in [-0.05, 0) is 24.3 Å². The first-order valence-corrected chi connectivity index (χ1v) is 6.71. The Hall–Kier alpha value is -2.01. The zero-order valence-corrected chi connectivity index (χ0v) is 10.5. The minimum Gasteiger partial charge on any atom is -0.504 e. The first-order chi connectivity index (χ1) is 8.55. The Kier molecular flexibility index (Phi) is 3.25. The summed E-state index contributed by atoms with van der Waals surface area (Å²) >= 11 is 0. The second-order valence-corrected chi connectivity index (χ2v) is 5.60. The first-order valence-electron chi connectivity index (χ1n) is 5.23. The van der Waals surface area contributed by atoms with Gasteiger partial charge in [-0.15, -0.1) is 0 Å². The van der Waals surface area contributed by atoms with E-state index in [0.717, 1.165) is 0 Å². The maximum absolute atomic E-state index is 12.2. The van der Waals surface area contributed by atoms with E-state index >= 15 is 0 Å². The van der Waals surface area contributed by atoms with Gasteiger partial charge in [0.25, 0.3) is 0 Å². The van der Waals surface area contributed by atoms with Crippen LogP contribution in [0.4, 0.5) is 0 Å². The van der Waals surface area contributed by atoms with Crippen molar-refractivity contribution in [3.8, 4) is 11.5 Å². The molecule has 0 unspecified atom stereocenters. The fourth-order valence-corrected chi connectivity index (χ4v) is 2.87. The van der Waals surface area contributed by atoms with Crippen LogP contribution >= 0.6 is 0 Å². The Balaban J connectivity index is 2.52. The Morgan fingerprint density at radius 1 is 1.00 bits per heavy atom. The van der Waals surface area contributed by atoms with Crippen LogP contribution in [0.15, 0.2) is 58.3 Å². The van der Waals surface area contributed by atoms with Crippen LogP contribution in [-0.4, -0.2) is 20.6 Å². The molecule has 0 radical (unpaired) electrons. The normalized spacial score (nSPS) is 11.2. The number of rotatable bonds is 3. The van der Waals surface area contributed by atoms with Crippen molar-refractivity contribution in [3.63, 3.8) is 0 Å². The summed E-state index contributed by atoms with van der Waals surface area (Å²) in [7, 11) is -2.20. The summed E-state index contributed by atoms with van der Waals surface area (Å²) in [6, 6.07) is 12.1. The van der Waals surface area contributed by atoms with Gasteiger partial charge in [-0.25, -0.2) is 8.42 Å². The first kappa shape index (κ1) is 12.4. The molecule has 2 aromatic rings. The van der Waals surface area contributed by atoms with Crippen molar-refractivity contribution in [2.45, 2.75) is 9.79 Å². The molecule has 18 heavy (non-hydrogen) atoms. The van der Waals surface area contributed by atoms with Crippen molar-refractivity contribution >= 4 is 9.84 Å². The topological polar surface area (TPSA) is 63.6 Å². The molecular weight excluding hydrogens is 252 g/mol. The number of phenolic OH excluding ortho intramolecular Hbond substituents is 1. The molecule has 0 aliphatic heterocycles. The molecule has 0 atom stereocenters. The summed E-state index contributed by atoms with van der Waals surface area (Å²) in [5.74, 6) is 0.0384. The Morgan fingerprint density at radius 3 is 2.22 bits per heavy atom. The molecule has 2 rings (SSSR count). The van der Waals surface area contributed by atoms with Crippen LogP contribution in [0.5, 0.6) is 11.5 Å². The number of benzene rings is 2. The molecule has 2 aromatic carbocycles. The quantitative estimate of drug-likeness (QED) is 0.923. The van der Waals surface area contributed by atoms with Crippen LogP contribution in [0.25, 0.3) is 0 Å². The molecule has 0 saturated heterocycles. The van der Waals surface area contributed by atoms with Gasteiger partial charge in [-0.3, -0.25) is 0 Å². The summed E-state index contributed by atoms with van der Waals surface area (Å²) in [5, 5.41) is 9.61. The minimum atomic E-state index is -3.60. The molecule has 1 N–H and O–H groups in total. The highest BCUT2D eigenvalue weighted by Gasteiger charge is 2.18. The van der Waals surface area contributed by atoms with Crippen LogP contribution in [-0.2, 0) is 9.84 Å². The van der Waals surface area contributed by atoms with Crippen LogP contribution in [0, 0.1) is 0 Å². The van der Waals surface area contributed by atoms with Crippen molar-refractivity contribution in [1.82, 2.24) is 0 Å². The van der Waals surface area contributed by atoms with Gasteiger partial charge in [-0.1, -0.05) is 18.2 Å². The molecular formula is C13H12O4S. The molecule has 0 fully saturated rings. The average Bonchev–Trinajstić information content (AvgIpc) is 2.39. The number of aromatic hydroxyl groups is 1. The summed E-state index contributed by atoms with van der Waals surface area (Å²) in [6.45, 7) is 0. The number of hydrogen-bond acceptors (Lipinski definition) is 4. The lowest BCUT2D eigenvalue weighted by molar-refractivity contribution is 0.372.